The van der Waals surface area contributed by atoms with Gasteiger partial charge in [0.15, 0.2) is 0 Å². The first-order chi connectivity index (χ1) is 14.1. The van der Waals surface area contributed by atoms with Crippen molar-refractivity contribution in [1.29, 1.82) is 0 Å². The minimum absolute atomic E-state index is 0.510. The van der Waals surface area contributed by atoms with Gasteiger partial charge in [0.1, 0.15) is 0 Å². The van der Waals surface area contributed by atoms with Gasteiger partial charge in [0.25, 0.3) is 0 Å². The summed E-state index contributed by atoms with van der Waals surface area (Å²) in [7, 11) is 0. The standard InChI is InChI=1S/C30H48/c1-14-10-18-13-22-24-16(3)23-21(29(4,5)6)12-17-8-9-19-25(17)26(23)27(24)28(19)30(22,7)20(18)11-15(14)2/h14-28H,8-13H2,1-7H3. The summed E-state index contributed by atoms with van der Waals surface area (Å²) in [5.41, 5.74) is 1.22. The van der Waals surface area contributed by atoms with Gasteiger partial charge in [-0.2, -0.15) is 0 Å². The second kappa shape index (κ2) is 5.73. The van der Waals surface area contributed by atoms with Crippen LogP contribution in [0.5, 0.6) is 0 Å². The van der Waals surface area contributed by atoms with Crippen LogP contribution in [-0.4, -0.2) is 0 Å². The normalized spacial score (nSPS) is 67.5. The highest BCUT2D eigenvalue weighted by molar-refractivity contribution is 5.26. The fourth-order valence-corrected chi connectivity index (χ4v) is 13.4. The van der Waals surface area contributed by atoms with Crippen LogP contribution >= 0.6 is 0 Å². The molecule has 0 amide bonds. The van der Waals surface area contributed by atoms with Gasteiger partial charge in [-0.25, -0.2) is 0 Å². The van der Waals surface area contributed by atoms with Crippen LogP contribution in [0.1, 0.15) is 87.0 Å². The molecule has 0 aromatic rings. The lowest BCUT2D eigenvalue weighted by atomic mass is 9.56. The van der Waals surface area contributed by atoms with Crippen LogP contribution in [0.25, 0.3) is 0 Å². The van der Waals surface area contributed by atoms with Gasteiger partial charge in [-0.05, 0) is 138 Å². The minimum Gasteiger partial charge on any atom is -0.0622 e. The van der Waals surface area contributed by atoms with E-state index in [-0.39, 0.29) is 0 Å². The van der Waals surface area contributed by atoms with Gasteiger partial charge >= 0.3 is 0 Å². The predicted octanol–water partition coefficient (Wildman–Crippen LogP) is 7.78. The van der Waals surface area contributed by atoms with Crippen LogP contribution in [-0.2, 0) is 0 Å². The highest BCUT2D eigenvalue weighted by atomic mass is 14.8. The zero-order chi connectivity index (χ0) is 20.9. The first kappa shape index (κ1) is 19.5. The van der Waals surface area contributed by atoms with E-state index in [0.29, 0.717) is 10.8 Å². The molecule has 16 unspecified atom stereocenters. The van der Waals surface area contributed by atoms with Crippen LogP contribution in [0.4, 0.5) is 0 Å². The summed E-state index contributed by atoms with van der Waals surface area (Å²) < 4.78 is 0. The number of rotatable bonds is 0. The van der Waals surface area contributed by atoms with Crippen molar-refractivity contribution in [3.63, 3.8) is 0 Å². The van der Waals surface area contributed by atoms with E-state index < -0.39 is 0 Å². The number of fused-ring (bicyclic) bond motifs is 6. The maximum Gasteiger partial charge on any atom is -0.0230 e. The molecule has 0 aromatic carbocycles. The number of hydrogen-bond donors (Lipinski definition) is 0. The molecule has 168 valence electrons. The highest BCUT2D eigenvalue weighted by Gasteiger charge is 2.79. The van der Waals surface area contributed by atoms with Gasteiger partial charge in [-0.1, -0.05) is 48.5 Å². The topological polar surface area (TPSA) is 0 Å². The maximum atomic E-state index is 2.89. The van der Waals surface area contributed by atoms with Crippen molar-refractivity contribution in [3.05, 3.63) is 0 Å². The molecule has 7 rings (SSSR count). The highest BCUT2D eigenvalue weighted by Crippen LogP contribution is 2.84. The van der Waals surface area contributed by atoms with Crippen molar-refractivity contribution in [1.82, 2.24) is 0 Å². The fourth-order valence-electron chi connectivity index (χ4n) is 13.4. The first-order valence-electron chi connectivity index (χ1n) is 14.1. The summed E-state index contributed by atoms with van der Waals surface area (Å²) in [5.74, 6) is 16.1. The monoisotopic (exact) mass is 408 g/mol. The largest absolute Gasteiger partial charge is 0.0622 e. The van der Waals surface area contributed by atoms with Crippen molar-refractivity contribution in [2.75, 3.05) is 0 Å². The first-order valence-corrected chi connectivity index (χ1v) is 14.1. The molecule has 0 nitrogen and oxygen atoms in total. The summed E-state index contributed by atoms with van der Waals surface area (Å²) in [6.45, 7) is 18.6. The minimum atomic E-state index is 0.510. The van der Waals surface area contributed by atoms with E-state index in [1.165, 1.54) is 0 Å². The molecule has 0 radical (unpaired) electrons. The zero-order valence-electron chi connectivity index (χ0n) is 20.9. The van der Waals surface area contributed by atoms with Crippen LogP contribution < -0.4 is 0 Å². The third-order valence-corrected chi connectivity index (χ3v) is 14.1. The van der Waals surface area contributed by atoms with Crippen molar-refractivity contribution >= 4 is 0 Å². The average molecular weight is 409 g/mol. The maximum absolute atomic E-state index is 2.89. The molecule has 7 saturated carbocycles. The SMILES string of the molecule is CC1CC2CC3C4C(C)C5C6C7C(CCC7C(C64)C3(C)C2CC1C)CC5C(C)(C)C. The second-order valence-electron chi connectivity index (χ2n) is 15.5. The smallest absolute Gasteiger partial charge is 0.0230 e. The van der Waals surface area contributed by atoms with E-state index in [0.717, 1.165) is 88.8 Å². The quantitative estimate of drug-likeness (QED) is 0.384. The van der Waals surface area contributed by atoms with E-state index in [4.69, 9.17) is 0 Å². The van der Waals surface area contributed by atoms with Gasteiger partial charge in [0, 0.05) is 0 Å². The van der Waals surface area contributed by atoms with Gasteiger partial charge < -0.3 is 0 Å². The van der Waals surface area contributed by atoms with Crippen LogP contribution in [0.2, 0.25) is 0 Å². The molecule has 0 saturated heterocycles. The zero-order valence-corrected chi connectivity index (χ0v) is 20.9. The van der Waals surface area contributed by atoms with Gasteiger partial charge in [0.2, 0.25) is 0 Å². The predicted molar refractivity (Wildman–Crippen MR) is 125 cm³/mol. The Morgan fingerprint density at radius 3 is 2.13 bits per heavy atom. The lowest BCUT2D eigenvalue weighted by Crippen LogP contribution is -2.43. The summed E-state index contributed by atoms with van der Waals surface area (Å²) in [4.78, 5) is 0. The van der Waals surface area contributed by atoms with Crippen LogP contribution in [0, 0.1) is 99.6 Å². The third-order valence-electron chi connectivity index (χ3n) is 14.1. The molecule has 0 aromatic heterocycles. The molecule has 7 fully saturated rings. The molecule has 0 spiro atoms. The van der Waals surface area contributed by atoms with Crippen molar-refractivity contribution < 1.29 is 0 Å². The molecule has 7 aliphatic rings. The van der Waals surface area contributed by atoms with Gasteiger partial charge in [-0.3, -0.25) is 0 Å². The molecular formula is C30H48. The molecular weight excluding hydrogens is 360 g/mol. The Hall–Kier alpha value is 0. The Labute approximate surface area is 186 Å². The Balaban J connectivity index is 1.35. The van der Waals surface area contributed by atoms with Gasteiger partial charge in [0.05, 0.1) is 0 Å². The Morgan fingerprint density at radius 1 is 0.667 bits per heavy atom. The van der Waals surface area contributed by atoms with E-state index in [1.54, 1.807) is 38.5 Å². The van der Waals surface area contributed by atoms with Crippen LogP contribution in [0.15, 0.2) is 0 Å². The lowest BCUT2D eigenvalue weighted by Gasteiger charge is -2.49. The molecule has 0 bridgehead atoms. The molecule has 0 heterocycles. The molecule has 0 heteroatoms. The van der Waals surface area contributed by atoms with Crippen LogP contribution in [0.3, 0.4) is 0 Å². The fraction of sp³-hybridized carbons (Fsp3) is 1.00. The number of hydrogen-bond acceptors (Lipinski definition) is 0. The van der Waals surface area contributed by atoms with E-state index >= 15 is 0 Å². The lowest BCUT2D eigenvalue weighted by molar-refractivity contribution is -0.00789. The average Bonchev–Trinajstić information content (AvgIpc) is 3.40. The Kier molecular flexibility index (Phi) is 3.72. The van der Waals surface area contributed by atoms with Gasteiger partial charge in [-0.15, -0.1) is 0 Å². The Bertz CT molecular complexity index is 744. The summed E-state index contributed by atoms with van der Waals surface area (Å²) in [6.07, 6.45) is 9.55. The van der Waals surface area contributed by atoms with Crippen molar-refractivity contribution in [3.8, 4) is 0 Å². The van der Waals surface area contributed by atoms with E-state index in [2.05, 4.69) is 48.5 Å². The molecule has 30 heavy (non-hydrogen) atoms. The molecule has 0 N–H and O–H groups in total. The summed E-state index contributed by atoms with van der Waals surface area (Å²) in [6, 6.07) is 0. The molecule has 16 atom stereocenters. The molecule has 0 aliphatic heterocycles. The van der Waals surface area contributed by atoms with E-state index in [1.807, 2.05) is 0 Å². The third kappa shape index (κ3) is 2.00. The Morgan fingerprint density at radius 2 is 1.40 bits per heavy atom. The van der Waals surface area contributed by atoms with Crippen molar-refractivity contribution in [2.45, 2.75) is 87.0 Å². The van der Waals surface area contributed by atoms with E-state index in [9.17, 15) is 0 Å². The summed E-state index contributed by atoms with van der Waals surface area (Å²) >= 11 is 0. The molecule has 7 aliphatic carbocycles. The summed E-state index contributed by atoms with van der Waals surface area (Å²) in [5, 5.41) is 0. The second-order valence-corrected chi connectivity index (χ2v) is 15.5. The van der Waals surface area contributed by atoms with Crippen molar-refractivity contribution in [2.24, 2.45) is 99.6 Å².